The third-order valence-corrected chi connectivity index (χ3v) is 6.04. The molecule has 1 unspecified atom stereocenters. The third-order valence-electron chi connectivity index (χ3n) is 4.66. The fourth-order valence-electron chi connectivity index (χ4n) is 3.24. The number of allylic oxidation sites excluding steroid dienone is 1. The molecule has 2 N–H and O–H groups in total. The van der Waals surface area contributed by atoms with Crippen LogP contribution in [0.3, 0.4) is 0 Å². The summed E-state index contributed by atoms with van der Waals surface area (Å²) in [6, 6.07) is 8.13. The van der Waals surface area contributed by atoms with Crippen molar-refractivity contribution < 1.29 is 9.59 Å². The first-order valence-corrected chi connectivity index (χ1v) is 11.8. The molecule has 0 spiro atoms. The van der Waals surface area contributed by atoms with Crippen LogP contribution in [0.15, 0.2) is 41.4 Å². The number of carbonyl (C=O) groups excluding carboxylic acids is 2. The molecule has 29 heavy (non-hydrogen) atoms. The van der Waals surface area contributed by atoms with Crippen molar-refractivity contribution in [1.82, 2.24) is 4.90 Å². The predicted molar refractivity (Wildman–Crippen MR) is 126 cm³/mol. The molecule has 0 aliphatic carbocycles. The third kappa shape index (κ3) is 9.28. The van der Waals surface area contributed by atoms with E-state index in [1.165, 1.54) is 5.56 Å². The van der Waals surface area contributed by atoms with Gasteiger partial charge in [-0.2, -0.15) is 16.8 Å². The van der Waals surface area contributed by atoms with Gasteiger partial charge in [0.1, 0.15) is 5.84 Å². The van der Waals surface area contributed by atoms with Crippen molar-refractivity contribution in [2.24, 2.45) is 10.7 Å². The van der Waals surface area contributed by atoms with Gasteiger partial charge in [-0.15, -0.1) is 0 Å². The van der Waals surface area contributed by atoms with Gasteiger partial charge < -0.3 is 10.6 Å². The number of thiol groups is 1. The van der Waals surface area contributed by atoms with E-state index in [2.05, 4.69) is 35.8 Å². The maximum Gasteiger partial charge on any atom is 0.303 e. The van der Waals surface area contributed by atoms with Gasteiger partial charge in [-0.1, -0.05) is 48.5 Å². The zero-order valence-corrected chi connectivity index (χ0v) is 18.9. The highest BCUT2D eigenvalue weighted by molar-refractivity contribution is 7.99. The molecule has 1 atom stereocenters. The van der Waals surface area contributed by atoms with Crippen molar-refractivity contribution in [2.45, 2.75) is 44.6 Å². The molecule has 2 rings (SSSR count). The number of aryl methyl sites for hydroxylation is 1. The van der Waals surface area contributed by atoms with Crippen LogP contribution in [0.2, 0.25) is 5.02 Å². The highest BCUT2D eigenvalue weighted by atomic mass is 35.5. The Kier molecular flexibility index (Phi) is 10.7. The first kappa shape index (κ1) is 23.8. The standard InChI is InChI=1S/C21H28ClN3O2S2/c22-17-7-3-6-16(15-17)5-1-2-8-18-10-11-20(26)25(18)12-14-29-13-4-9-19(23)24-21(27)28/h2-3,6-8,15,18H,1,4-5,9-14H2,(H3,23,24,27,28)/b8-2+. The number of halogens is 1. The smallest absolute Gasteiger partial charge is 0.303 e. The van der Waals surface area contributed by atoms with Crippen LogP contribution in [0.1, 0.15) is 37.7 Å². The lowest BCUT2D eigenvalue weighted by Gasteiger charge is -2.22. The average molecular weight is 454 g/mol. The Morgan fingerprint density at radius 3 is 3.00 bits per heavy atom. The van der Waals surface area contributed by atoms with Crippen molar-refractivity contribution in [3.05, 3.63) is 47.0 Å². The second-order valence-corrected chi connectivity index (χ2v) is 8.94. The number of hydrogen-bond acceptors (Lipinski definition) is 3. The van der Waals surface area contributed by atoms with Gasteiger partial charge in [0.15, 0.2) is 0 Å². The Balaban J connectivity index is 1.66. The molecule has 1 fully saturated rings. The van der Waals surface area contributed by atoms with Gasteiger partial charge in [0.2, 0.25) is 5.91 Å². The summed E-state index contributed by atoms with van der Waals surface area (Å²) in [4.78, 5) is 28.5. The zero-order valence-electron chi connectivity index (χ0n) is 16.4. The molecule has 1 aliphatic rings. The van der Waals surface area contributed by atoms with E-state index in [1.807, 2.05) is 23.1 Å². The Bertz CT molecular complexity index is 755. The minimum Gasteiger partial charge on any atom is -0.387 e. The van der Waals surface area contributed by atoms with E-state index < -0.39 is 5.24 Å². The number of hydrogen-bond donors (Lipinski definition) is 2. The second kappa shape index (κ2) is 13.0. The molecular weight excluding hydrogens is 426 g/mol. The minimum atomic E-state index is -0.561. The van der Waals surface area contributed by atoms with Gasteiger partial charge in [-0.05, 0) is 49.1 Å². The van der Waals surface area contributed by atoms with E-state index in [4.69, 9.17) is 17.3 Å². The monoisotopic (exact) mass is 453 g/mol. The Hall–Kier alpha value is -1.44. The normalized spacial score (nSPS) is 17.4. The lowest BCUT2D eigenvalue weighted by molar-refractivity contribution is -0.128. The van der Waals surface area contributed by atoms with Gasteiger partial charge in [-0.25, -0.2) is 0 Å². The minimum absolute atomic E-state index is 0.201. The van der Waals surface area contributed by atoms with Crippen LogP contribution in [0.25, 0.3) is 0 Å². The molecule has 8 heteroatoms. The molecule has 0 saturated carbocycles. The van der Waals surface area contributed by atoms with Gasteiger partial charge in [0, 0.05) is 30.2 Å². The summed E-state index contributed by atoms with van der Waals surface area (Å²) >= 11 is 11.4. The number of amidine groups is 1. The lowest BCUT2D eigenvalue weighted by atomic mass is 10.1. The highest BCUT2D eigenvalue weighted by Gasteiger charge is 2.28. The molecule has 1 heterocycles. The van der Waals surface area contributed by atoms with E-state index in [9.17, 15) is 9.59 Å². The van der Waals surface area contributed by atoms with Crippen LogP contribution in [0.5, 0.6) is 0 Å². The molecule has 2 amide bonds. The Morgan fingerprint density at radius 1 is 1.41 bits per heavy atom. The number of rotatable bonds is 11. The number of likely N-dealkylation sites (tertiary alicyclic amines) is 1. The number of nitrogens with two attached hydrogens (primary N) is 1. The molecule has 0 radical (unpaired) electrons. The Labute approximate surface area is 187 Å². The number of amides is 2. The van der Waals surface area contributed by atoms with Gasteiger partial charge in [0.05, 0.1) is 6.04 Å². The number of benzene rings is 1. The van der Waals surface area contributed by atoms with E-state index in [0.29, 0.717) is 18.7 Å². The van der Waals surface area contributed by atoms with E-state index in [0.717, 1.165) is 48.8 Å². The molecule has 0 aromatic heterocycles. The largest absolute Gasteiger partial charge is 0.387 e. The molecule has 0 bridgehead atoms. The zero-order chi connectivity index (χ0) is 21.1. The number of thioether (sulfide) groups is 1. The lowest BCUT2D eigenvalue weighted by Crippen LogP contribution is -2.33. The summed E-state index contributed by atoms with van der Waals surface area (Å²) in [5.41, 5.74) is 6.86. The van der Waals surface area contributed by atoms with Crippen molar-refractivity contribution in [1.29, 1.82) is 0 Å². The van der Waals surface area contributed by atoms with Crippen LogP contribution in [0, 0.1) is 0 Å². The summed E-state index contributed by atoms with van der Waals surface area (Å²) in [5.74, 6) is 2.36. The molecule has 1 aromatic rings. The van der Waals surface area contributed by atoms with Gasteiger partial charge in [-0.3, -0.25) is 9.59 Å². The fraction of sp³-hybridized carbons (Fsp3) is 0.476. The molecule has 1 aliphatic heterocycles. The molecule has 5 nitrogen and oxygen atoms in total. The average Bonchev–Trinajstić information content (AvgIpc) is 3.01. The van der Waals surface area contributed by atoms with Crippen molar-refractivity contribution in [3.63, 3.8) is 0 Å². The maximum atomic E-state index is 12.2. The first-order valence-electron chi connectivity index (χ1n) is 9.80. The van der Waals surface area contributed by atoms with Gasteiger partial charge >= 0.3 is 5.24 Å². The van der Waals surface area contributed by atoms with Crippen LogP contribution < -0.4 is 5.73 Å². The number of nitrogens with zero attached hydrogens (tertiary/aromatic N) is 2. The van der Waals surface area contributed by atoms with Crippen LogP contribution in [-0.2, 0) is 11.2 Å². The predicted octanol–water partition coefficient (Wildman–Crippen LogP) is 4.74. The van der Waals surface area contributed by atoms with E-state index in [-0.39, 0.29) is 11.9 Å². The van der Waals surface area contributed by atoms with Gasteiger partial charge in [0.25, 0.3) is 0 Å². The topological polar surface area (TPSA) is 75.8 Å². The molecular formula is C21H28ClN3O2S2. The maximum absolute atomic E-state index is 12.2. The fourth-order valence-corrected chi connectivity index (χ4v) is 4.46. The Morgan fingerprint density at radius 2 is 2.24 bits per heavy atom. The van der Waals surface area contributed by atoms with Crippen LogP contribution in [-0.4, -0.2) is 46.0 Å². The molecule has 1 aromatic carbocycles. The SMILES string of the molecule is N/C(CCCSCCN1C(=O)CCC1/C=C/CCc1cccc(Cl)c1)=N\C(=O)S. The van der Waals surface area contributed by atoms with Crippen molar-refractivity contribution in [3.8, 4) is 0 Å². The second-order valence-electron chi connectivity index (χ2n) is 6.89. The van der Waals surface area contributed by atoms with Crippen LogP contribution in [0.4, 0.5) is 4.79 Å². The van der Waals surface area contributed by atoms with E-state index >= 15 is 0 Å². The summed E-state index contributed by atoms with van der Waals surface area (Å²) in [6.07, 6.45) is 9.17. The molecule has 158 valence electrons. The number of carbonyl (C=O) groups is 2. The van der Waals surface area contributed by atoms with Crippen molar-refractivity contribution >= 4 is 53.0 Å². The highest BCUT2D eigenvalue weighted by Crippen LogP contribution is 2.21. The molecule has 1 saturated heterocycles. The summed E-state index contributed by atoms with van der Waals surface area (Å²) in [5, 5.41) is 0.205. The number of aliphatic imine (C=N–C) groups is 1. The summed E-state index contributed by atoms with van der Waals surface area (Å²) in [6.45, 7) is 0.755. The first-order chi connectivity index (χ1) is 14.0. The van der Waals surface area contributed by atoms with E-state index in [1.54, 1.807) is 11.8 Å². The van der Waals surface area contributed by atoms with Crippen molar-refractivity contribution in [2.75, 3.05) is 18.1 Å². The summed E-state index contributed by atoms with van der Waals surface area (Å²) < 4.78 is 0. The quantitative estimate of drug-likeness (QED) is 0.167. The van der Waals surface area contributed by atoms with Crippen LogP contribution >= 0.6 is 36.0 Å². The summed E-state index contributed by atoms with van der Waals surface area (Å²) in [7, 11) is 0.